The standard InChI is InChI=1S/C12H22N2O3/c1-11(2,3)10(16)17-9(15)8-12(13)4-6-14-7-5-12/h14H,4-8,13H2,1-3H3. The van der Waals surface area contributed by atoms with Crippen molar-refractivity contribution in [2.24, 2.45) is 11.1 Å². The Bertz CT molecular complexity index is 301. The predicted octanol–water partition coefficient (Wildman–Crippen LogP) is 0.573. The molecule has 0 unspecified atom stereocenters. The van der Waals surface area contributed by atoms with E-state index in [2.05, 4.69) is 5.32 Å². The van der Waals surface area contributed by atoms with Gasteiger partial charge in [0.25, 0.3) is 0 Å². The number of rotatable bonds is 2. The molecule has 0 saturated carbocycles. The number of nitrogens with one attached hydrogen (secondary N) is 1. The summed E-state index contributed by atoms with van der Waals surface area (Å²) in [7, 11) is 0. The summed E-state index contributed by atoms with van der Waals surface area (Å²) in [6, 6.07) is 0. The third kappa shape index (κ3) is 4.44. The van der Waals surface area contributed by atoms with E-state index in [9.17, 15) is 9.59 Å². The van der Waals surface area contributed by atoms with Crippen LogP contribution >= 0.6 is 0 Å². The number of carbonyl (C=O) groups excluding carboxylic acids is 2. The average molecular weight is 242 g/mol. The van der Waals surface area contributed by atoms with E-state index >= 15 is 0 Å². The van der Waals surface area contributed by atoms with E-state index < -0.39 is 22.9 Å². The third-order valence-electron chi connectivity index (χ3n) is 2.91. The van der Waals surface area contributed by atoms with Gasteiger partial charge >= 0.3 is 11.9 Å². The smallest absolute Gasteiger partial charge is 0.318 e. The molecule has 98 valence electrons. The fraction of sp³-hybridized carbons (Fsp3) is 0.833. The molecule has 0 aromatic rings. The summed E-state index contributed by atoms with van der Waals surface area (Å²) in [6.07, 6.45) is 1.56. The molecule has 0 radical (unpaired) electrons. The molecule has 1 heterocycles. The lowest BCUT2D eigenvalue weighted by Gasteiger charge is -2.32. The summed E-state index contributed by atoms with van der Waals surface area (Å²) in [5.41, 5.74) is 4.90. The molecule has 1 aliphatic rings. The molecule has 0 amide bonds. The first-order valence-electron chi connectivity index (χ1n) is 5.98. The summed E-state index contributed by atoms with van der Waals surface area (Å²) in [6.45, 7) is 6.75. The van der Waals surface area contributed by atoms with Crippen LogP contribution in [0.3, 0.4) is 0 Å². The molecular formula is C12H22N2O3. The van der Waals surface area contributed by atoms with Gasteiger partial charge in [0.1, 0.15) is 0 Å². The van der Waals surface area contributed by atoms with Gasteiger partial charge in [-0.2, -0.15) is 0 Å². The average Bonchev–Trinajstić information content (AvgIpc) is 2.15. The largest absolute Gasteiger partial charge is 0.393 e. The first-order chi connectivity index (χ1) is 7.73. The monoisotopic (exact) mass is 242 g/mol. The van der Waals surface area contributed by atoms with Crippen LogP contribution in [0.15, 0.2) is 0 Å². The number of nitrogens with two attached hydrogens (primary N) is 1. The zero-order chi connectivity index (χ0) is 13.1. The van der Waals surface area contributed by atoms with E-state index in [1.807, 2.05) is 0 Å². The SMILES string of the molecule is CC(C)(C)C(=O)OC(=O)CC1(N)CCNCC1. The van der Waals surface area contributed by atoms with E-state index in [1.54, 1.807) is 20.8 Å². The summed E-state index contributed by atoms with van der Waals surface area (Å²) in [5, 5.41) is 3.18. The van der Waals surface area contributed by atoms with Crippen LogP contribution in [0.4, 0.5) is 0 Å². The summed E-state index contributed by atoms with van der Waals surface area (Å²) >= 11 is 0. The van der Waals surface area contributed by atoms with Crippen LogP contribution in [0, 0.1) is 5.41 Å². The van der Waals surface area contributed by atoms with Crippen LogP contribution in [0.1, 0.15) is 40.0 Å². The van der Waals surface area contributed by atoms with Gasteiger partial charge < -0.3 is 15.8 Å². The molecule has 0 bridgehead atoms. The maximum Gasteiger partial charge on any atom is 0.318 e. The van der Waals surface area contributed by atoms with Crippen LogP contribution in [0.2, 0.25) is 0 Å². The maximum absolute atomic E-state index is 11.6. The van der Waals surface area contributed by atoms with Crippen molar-refractivity contribution < 1.29 is 14.3 Å². The number of hydrogen-bond donors (Lipinski definition) is 2. The Balaban J connectivity index is 2.46. The van der Waals surface area contributed by atoms with E-state index in [0.29, 0.717) is 0 Å². The van der Waals surface area contributed by atoms with Crippen molar-refractivity contribution in [3.05, 3.63) is 0 Å². The van der Waals surface area contributed by atoms with Crippen molar-refractivity contribution in [3.8, 4) is 0 Å². The molecule has 1 aliphatic heterocycles. The Morgan fingerprint density at radius 2 is 1.82 bits per heavy atom. The van der Waals surface area contributed by atoms with E-state index in [-0.39, 0.29) is 6.42 Å². The lowest BCUT2D eigenvalue weighted by molar-refractivity contribution is -0.166. The summed E-state index contributed by atoms with van der Waals surface area (Å²) in [5.74, 6) is -1.02. The highest BCUT2D eigenvalue weighted by Gasteiger charge is 2.33. The second kappa shape index (κ2) is 5.14. The van der Waals surface area contributed by atoms with Crippen LogP contribution in [0.5, 0.6) is 0 Å². The molecule has 0 aromatic heterocycles. The second-order valence-electron chi connectivity index (χ2n) is 5.80. The van der Waals surface area contributed by atoms with Gasteiger partial charge in [0.15, 0.2) is 0 Å². The van der Waals surface area contributed by atoms with Gasteiger partial charge in [0.05, 0.1) is 11.8 Å². The molecule has 1 fully saturated rings. The molecular weight excluding hydrogens is 220 g/mol. The lowest BCUT2D eigenvalue weighted by Crippen LogP contribution is -2.50. The number of hydrogen-bond acceptors (Lipinski definition) is 5. The predicted molar refractivity (Wildman–Crippen MR) is 64.2 cm³/mol. The molecule has 0 aliphatic carbocycles. The molecule has 0 aromatic carbocycles. The second-order valence-corrected chi connectivity index (χ2v) is 5.80. The molecule has 5 nitrogen and oxygen atoms in total. The van der Waals surface area contributed by atoms with Gasteiger partial charge in [-0.1, -0.05) is 0 Å². The molecule has 1 rings (SSSR count). The molecule has 0 spiro atoms. The van der Waals surface area contributed by atoms with Crippen LogP contribution in [-0.4, -0.2) is 30.6 Å². The van der Waals surface area contributed by atoms with E-state index in [1.165, 1.54) is 0 Å². The summed E-state index contributed by atoms with van der Waals surface area (Å²) < 4.78 is 4.80. The zero-order valence-electron chi connectivity index (χ0n) is 10.8. The van der Waals surface area contributed by atoms with Gasteiger partial charge in [-0.3, -0.25) is 9.59 Å². The van der Waals surface area contributed by atoms with Crippen molar-refractivity contribution >= 4 is 11.9 Å². The van der Waals surface area contributed by atoms with Gasteiger partial charge in [0.2, 0.25) is 0 Å². The van der Waals surface area contributed by atoms with Crippen molar-refractivity contribution in [1.82, 2.24) is 5.32 Å². The van der Waals surface area contributed by atoms with Crippen LogP contribution in [-0.2, 0) is 14.3 Å². The highest BCUT2D eigenvalue weighted by atomic mass is 16.6. The summed E-state index contributed by atoms with van der Waals surface area (Å²) in [4.78, 5) is 23.2. The minimum atomic E-state index is -0.661. The minimum Gasteiger partial charge on any atom is -0.393 e. The number of ether oxygens (including phenoxy) is 1. The van der Waals surface area contributed by atoms with Crippen LogP contribution < -0.4 is 11.1 Å². The fourth-order valence-electron chi connectivity index (χ4n) is 1.68. The Kier molecular flexibility index (Phi) is 4.27. The van der Waals surface area contributed by atoms with Crippen molar-refractivity contribution in [2.75, 3.05) is 13.1 Å². The highest BCUT2D eigenvalue weighted by Crippen LogP contribution is 2.21. The molecule has 1 saturated heterocycles. The van der Waals surface area contributed by atoms with E-state index in [4.69, 9.17) is 10.5 Å². The normalized spacial score (nSPS) is 19.8. The van der Waals surface area contributed by atoms with Crippen LogP contribution in [0.25, 0.3) is 0 Å². The van der Waals surface area contributed by atoms with E-state index in [0.717, 1.165) is 25.9 Å². The molecule has 5 heteroatoms. The Morgan fingerprint density at radius 3 is 2.29 bits per heavy atom. The Labute approximate surface area is 102 Å². The highest BCUT2D eigenvalue weighted by molar-refractivity contribution is 5.88. The number of piperidine rings is 1. The van der Waals surface area contributed by atoms with Crippen molar-refractivity contribution in [3.63, 3.8) is 0 Å². The first-order valence-corrected chi connectivity index (χ1v) is 5.98. The minimum absolute atomic E-state index is 0.108. The zero-order valence-corrected chi connectivity index (χ0v) is 10.8. The van der Waals surface area contributed by atoms with Gasteiger partial charge in [-0.05, 0) is 46.7 Å². The fourth-order valence-corrected chi connectivity index (χ4v) is 1.68. The topological polar surface area (TPSA) is 81.4 Å². The van der Waals surface area contributed by atoms with Gasteiger partial charge in [-0.25, -0.2) is 0 Å². The first kappa shape index (κ1) is 14.1. The molecule has 0 atom stereocenters. The maximum atomic E-state index is 11.6. The van der Waals surface area contributed by atoms with Gasteiger partial charge in [0, 0.05) is 5.54 Å². The Hall–Kier alpha value is -0.940. The van der Waals surface area contributed by atoms with Crippen molar-refractivity contribution in [1.29, 1.82) is 0 Å². The molecule has 3 N–H and O–H groups in total. The lowest BCUT2D eigenvalue weighted by atomic mass is 9.86. The number of carbonyl (C=O) groups is 2. The third-order valence-corrected chi connectivity index (χ3v) is 2.91. The number of esters is 2. The quantitative estimate of drug-likeness (QED) is 0.546. The Morgan fingerprint density at radius 1 is 1.29 bits per heavy atom. The van der Waals surface area contributed by atoms with Crippen molar-refractivity contribution in [2.45, 2.75) is 45.6 Å². The van der Waals surface area contributed by atoms with Gasteiger partial charge in [-0.15, -0.1) is 0 Å². The molecule has 17 heavy (non-hydrogen) atoms.